The Bertz CT molecular complexity index is 163. The van der Waals surface area contributed by atoms with Crippen LogP contribution in [0.15, 0.2) is 0 Å². The van der Waals surface area contributed by atoms with Crippen LogP contribution in [-0.2, 0) is 0 Å². The van der Waals surface area contributed by atoms with Crippen molar-refractivity contribution in [2.75, 3.05) is 19.6 Å². The third kappa shape index (κ3) is 16.2. The molecule has 0 amide bonds. The molecule has 0 N–H and O–H groups in total. The van der Waals surface area contributed by atoms with Crippen molar-refractivity contribution in [2.24, 2.45) is 0 Å². The summed E-state index contributed by atoms with van der Waals surface area (Å²) >= 11 is 0. The molecule has 1 heteroatoms. The number of hydrogen-bond acceptors (Lipinski definition) is 1. The Balaban J connectivity index is 3.56. The van der Waals surface area contributed by atoms with E-state index in [1.807, 2.05) is 0 Å². The van der Waals surface area contributed by atoms with Crippen LogP contribution in [0.3, 0.4) is 0 Å². The summed E-state index contributed by atoms with van der Waals surface area (Å²) in [6, 6.07) is 0. The Hall–Kier alpha value is -0.0400. The van der Waals surface area contributed by atoms with Crippen LogP contribution >= 0.6 is 0 Å². The quantitative estimate of drug-likeness (QED) is 0.272. The van der Waals surface area contributed by atoms with Gasteiger partial charge < -0.3 is 4.90 Å². The second-order valence-electron chi connectivity index (χ2n) is 6.58. The molecule has 0 aliphatic rings. The Morgan fingerprint density at radius 1 is 0.524 bits per heavy atom. The summed E-state index contributed by atoms with van der Waals surface area (Å²) in [5, 5.41) is 0. The molecular formula is C20H42N. The van der Waals surface area contributed by atoms with Crippen LogP contribution in [0, 0.1) is 6.92 Å². The standard InChI is InChI=1S/C20H42N/c1-4-7-10-12-14-16-19-21(18-9-6-3)20-17-15-13-11-8-5-2/h3-20H2,1-2H3. The first-order chi connectivity index (χ1) is 10.3. The van der Waals surface area contributed by atoms with Gasteiger partial charge in [-0.25, -0.2) is 0 Å². The second-order valence-corrected chi connectivity index (χ2v) is 6.58. The highest BCUT2D eigenvalue weighted by molar-refractivity contribution is 4.60. The Morgan fingerprint density at radius 3 is 1.33 bits per heavy atom. The zero-order chi connectivity index (χ0) is 15.6. The van der Waals surface area contributed by atoms with Crippen LogP contribution in [0.2, 0.25) is 0 Å². The Kier molecular flexibility index (Phi) is 18.0. The first-order valence-corrected chi connectivity index (χ1v) is 9.86. The molecule has 0 bridgehead atoms. The lowest BCUT2D eigenvalue weighted by Gasteiger charge is -2.22. The van der Waals surface area contributed by atoms with Crippen LogP contribution in [-0.4, -0.2) is 24.5 Å². The number of nitrogens with zero attached hydrogens (tertiary/aromatic N) is 1. The summed E-state index contributed by atoms with van der Waals surface area (Å²) in [5.74, 6) is 0. The average molecular weight is 297 g/mol. The lowest BCUT2D eigenvalue weighted by atomic mass is 10.1. The first-order valence-electron chi connectivity index (χ1n) is 9.86. The monoisotopic (exact) mass is 296 g/mol. The molecule has 0 aromatic carbocycles. The van der Waals surface area contributed by atoms with Crippen molar-refractivity contribution in [1.82, 2.24) is 4.90 Å². The Morgan fingerprint density at radius 2 is 0.905 bits per heavy atom. The molecule has 0 saturated carbocycles. The molecule has 0 rings (SSSR count). The molecule has 0 spiro atoms. The third-order valence-corrected chi connectivity index (χ3v) is 4.38. The lowest BCUT2D eigenvalue weighted by molar-refractivity contribution is 0.257. The van der Waals surface area contributed by atoms with Crippen molar-refractivity contribution in [1.29, 1.82) is 0 Å². The van der Waals surface area contributed by atoms with Gasteiger partial charge in [0.15, 0.2) is 0 Å². The highest BCUT2D eigenvalue weighted by atomic mass is 15.1. The van der Waals surface area contributed by atoms with E-state index in [1.54, 1.807) is 0 Å². The molecule has 0 aromatic heterocycles. The first kappa shape index (κ1) is 21.0. The van der Waals surface area contributed by atoms with Gasteiger partial charge in [-0.1, -0.05) is 91.4 Å². The van der Waals surface area contributed by atoms with Crippen LogP contribution in [0.5, 0.6) is 0 Å². The normalized spacial score (nSPS) is 11.4. The molecule has 0 heterocycles. The number of hydrogen-bond donors (Lipinski definition) is 0. The smallest absolute Gasteiger partial charge is 0.00187 e. The maximum absolute atomic E-state index is 3.99. The summed E-state index contributed by atoms with van der Waals surface area (Å²) in [7, 11) is 0. The van der Waals surface area contributed by atoms with E-state index in [0.29, 0.717) is 0 Å². The predicted molar refractivity (Wildman–Crippen MR) is 97.8 cm³/mol. The van der Waals surface area contributed by atoms with E-state index in [0.717, 1.165) is 6.42 Å². The zero-order valence-electron chi connectivity index (χ0n) is 15.2. The van der Waals surface area contributed by atoms with Gasteiger partial charge in [-0.05, 0) is 38.9 Å². The molecule has 0 aliphatic carbocycles. The fraction of sp³-hybridized carbons (Fsp3) is 0.950. The minimum atomic E-state index is 1.09. The predicted octanol–water partition coefficient (Wildman–Crippen LogP) is 6.62. The molecule has 0 aliphatic heterocycles. The lowest BCUT2D eigenvalue weighted by Crippen LogP contribution is -2.27. The van der Waals surface area contributed by atoms with Crippen molar-refractivity contribution in [3.8, 4) is 0 Å². The fourth-order valence-corrected chi connectivity index (χ4v) is 2.90. The average Bonchev–Trinajstić information content (AvgIpc) is 2.50. The molecule has 0 unspecified atom stereocenters. The van der Waals surface area contributed by atoms with E-state index in [4.69, 9.17) is 0 Å². The van der Waals surface area contributed by atoms with E-state index in [-0.39, 0.29) is 0 Å². The van der Waals surface area contributed by atoms with E-state index in [9.17, 15) is 0 Å². The maximum Gasteiger partial charge on any atom is -0.00187 e. The van der Waals surface area contributed by atoms with Crippen molar-refractivity contribution < 1.29 is 0 Å². The SMILES string of the molecule is [CH2]CCCN(CCCCCCCC)CCCCCCCC. The van der Waals surface area contributed by atoms with E-state index in [1.165, 1.54) is 103 Å². The number of unbranched alkanes of at least 4 members (excludes halogenated alkanes) is 11. The van der Waals surface area contributed by atoms with Gasteiger partial charge in [-0.3, -0.25) is 0 Å². The molecule has 127 valence electrons. The minimum absolute atomic E-state index is 1.09. The highest BCUT2D eigenvalue weighted by Crippen LogP contribution is 2.09. The second kappa shape index (κ2) is 18.0. The van der Waals surface area contributed by atoms with Crippen LogP contribution in [0.1, 0.15) is 104 Å². The van der Waals surface area contributed by atoms with Gasteiger partial charge in [0.2, 0.25) is 0 Å². The van der Waals surface area contributed by atoms with E-state index < -0.39 is 0 Å². The van der Waals surface area contributed by atoms with Gasteiger partial charge in [0.1, 0.15) is 0 Å². The molecular weight excluding hydrogens is 254 g/mol. The number of rotatable bonds is 17. The summed E-state index contributed by atoms with van der Waals surface area (Å²) in [4.78, 5) is 2.70. The topological polar surface area (TPSA) is 3.24 Å². The van der Waals surface area contributed by atoms with E-state index in [2.05, 4.69) is 25.7 Å². The van der Waals surface area contributed by atoms with Crippen molar-refractivity contribution in [2.45, 2.75) is 104 Å². The summed E-state index contributed by atoms with van der Waals surface area (Å²) in [6.07, 6.45) is 19.3. The Labute approximate surface area is 135 Å². The van der Waals surface area contributed by atoms with Crippen LogP contribution < -0.4 is 0 Å². The summed E-state index contributed by atoms with van der Waals surface area (Å²) in [6.45, 7) is 12.5. The summed E-state index contributed by atoms with van der Waals surface area (Å²) < 4.78 is 0. The molecule has 0 aromatic rings. The van der Waals surface area contributed by atoms with Crippen LogP contribution in [0.25, 0.3) is 0 Å². The molecule has 0 atom stereocenters. The van der Waals surface area contributed by atoms with Gasteiger partial charge >= 0.3 is 0 Å². The van der Waals surface area contributed by atoms with Gasteiger partial charge in [-0.2, -0.15) is 0 Å². The highest BCUT2D eigenvalue weighted by Gasteiger charge is 2.04. The fourth-order valence-electron chi connectivity index (χ4n) is 2.90. The molecule has 1 nitrogen and oxygen atoms in total. The van der Waals surface area contributed by atoms with Gasteiger partial charge in [0.05, 0.1) is 0 Å². The van der Waals surface area contributed by atoms with Crippen molar-refractivity contribution in [3.05, 3.63) is 6.92 Å². The maximum atomic E-state index is 3.99. The zero-order valence-corrected chi connectivity index (χ0v) is 15.2. The molecule has 1 radical (unpaired) electrons. The third-order valence-electron chi connectivity index (χ3n) is 4.38. The van der Waals surface area contributed by atoms with Crippen molar-refractivity contribution >= 4 is 0 Å². The minimum Gasteiger partial charge on any atom is -0.303 e. The van der Waals surface area contributed by atoms with Gasteiger partial charge in [0.25, 0.3) is 0 Å². The molecule has 0 saturated heterocycles. The van der Waals surface area contributed by atoms with Crippen LogP contribution in [0.4, 0.5) is 0 Å². The summed E-state index contributed by atoms with van der Waals surface area (Å²) in [5.41, 5.74) is 0. The molecule has 0 fully saturated rings. The van der Waals surface area contributed by atoms with Crippen molar-refractivity contribution in [3.63, 3.8) is 0 Å². The molecule has 21 heavy (non-hydrogen) atoms. The van der Waals surface area contributed by atoms with E-state index >= 15 is 0 Å². The largest absolute Gasteiger partial charge is 0.303 e. The van der Waals surface area contributed by atoms with Gasteiger partial charge in [-0.15, -0.1) is 0 Å². The van der Waals surface area contributed by atoms with Gasteiger partial charge in [0, 0.05) is 0 Å².